The van der Waals surface area contributed by atoms with Gasteiger partial charge in [0, 0.05) is 25.6 Å². The van der Waals surface area contributed by atoms with Crippen molar-refractivity contribution in [2.24, 2.45) is 0 Å². The molecule has 2 saturated heterocycles. The Morgan fingerprint density at radius 3 is 2.83 bits per heavy atom. The Morgan fingerprint density at radius 2 is 2.13 bits per heavy atom. The average Bonchev–Trinajstić information content (AvgIpc) is 3.14. The smallest absolute Gasteiger partial charge is 0.273 e. The largest absolute Gasteiger partial charge is 0.330 e. The van der Waals surface area contributed by atoms with Crippen molar-refractivity contribution in [3.63, 3.8) is 0 Å². The number of hydrogen-bond donors (Lipinski definition) is 0. The van der Waals surface area contributed by atoms with Gasteiger partial charge in [-0.15, -0.1) is 0 Å². The van der Waals surface area contributed by atoms with E-state index in [-0.39, 0.29) is 43.0 Å². The van der Waals surface area contributed by atoms with Crippen molar-refractivity contribution in [2.75, 3.05) is 13.1 Å². The fourth-order valence-electron chi connectivity index (χ4n) is 3.33. The van der Waals surface area contributed by atoms with E-state index in [1.54, 1.807) is 18.2 Å². The van der Waals surface area contributed by atoms with Crippen LogP contribution in [0.3, 0.4) is 0 Å². The lowest BCUT2D eigenvalue weighted by Crippen LogP contribution is -2.43. The zero-order chi connectivity index (χ0) is 16.4. The molecule has 7 heteroatoms. The van der Waals surface area contributed by atoms with Crippen molar-refractivity contribution in [2.45, 2.75) is 31.3 Å². The third kappa shape index (κ3) is 2.74. The van der Waals surface area contributed by atoms with E-state index in [0.717, 1.165) is 0 Å². The van der Waals surface area contributed by atoms with Crippen LogP contribution in [0, 0.1) is 0 Å². The molecule has 2 fully saturated rings. The van der Waals surface area contributed by atoms with E-state index in [9.17, 15) is 19.2 Å². The molecule has 1 aromatic rings. The summed E-state index contributed by atoms with van der Waals surface area (Å²) < 4.78 is 0. The molecule has 0 spiro atoms. The van der Waals surface area contributed by atoms with Crippen molar-refractivity contribution in [3.05, 3.63) is 30.1 Å². The molecule has 1 aromatic heterocycles. The molecule has 0 saturated carbocycles. The number of pyridine rings is 1. The monoisotopic (exact) mass is 315 g/mol. The van der Waals surface area contributed by atoms with Crippen molar-refractivity contribution >= 4 is 23.9 Å². The van der Waals surface area contributed by atoms with Gasteiger partial charge in [-0.25, -0.2) is 0 Å². The van der Waals surface area contributed by atoms with Crippen LogP contribution in [-0.2, 0) is 14.4 Å². The summed E-state index contributed by atoms with van der Waals surface area (Å²) in [5, 5.41) is 0. The lowest BCUT2D eigenvalue weighted by atomic mass is 10.1. The maximum Gasteiger partial charge on any atom is 0.273 e. The maximum atomic E-state index is 12.5. The number of fused-ring (bicyclic) bond motifs is 1. The Balaban J connectivity index is 1.76. The SMILES string of the molecule is O=CCCC(=O)N1CCC2C1C(=O)CN2C(=O)c1ccccn1. The highest BCUT2D eigenvalue weighted by molar-refractivity contribution is 6.01. The first-order chi connectivity index (χ1) is 11.1. The number of likely N-dealkylation sites (tertiary alicyclic amines) is 2. The van der Waals surface area contributed by atoms with Crippen molar-refractivity contribution in [1.82, 2.24) is 14.8 Å². The number of amides is 2. The Labute approximate surface area is 133 Å². The molecule has 0 radical (unpaired) electrons. The molecule has 120 valence electrons. The van der Waals surface area contributed by atoms with Crippen LogP contribution in [0.4, 0.5) is 0 Å². The predicted molar refractivity (Wildman–Crippen MR) is 79.5 cm³/mol. The first-order valence-corrected chi connectivity index (χ1v) is 7.61. The molecule has 0 N–H and O–H groups in total. The minimum atomic E-state index is -0.582. The molecular weight excluding hydrogens is 298 g/mol. The van der Waals surface area contributed by atoms with E-state index in [1.165, 1.54) is 16.0 Å². The zero-order valence-electron chi connectivity index (χ0n) is 12.6. The van der Waals surface area contributed by atoms with Gasteiger partial charge in [0.25, 0.3) is 5.91 Å². The highest BCUT2D eigenvalue weighted by atomic mass is 16.2. The van der Waals surface area contributed by atoms with Crippen LogP contribution in [0.1, 0.15) is 29.8 Å². The number of carbonyl (C=O) groups excluding carboxylic acids is 4. The van der Waals surface area contributed by atoms with Gasteiger partial charge in [-0.05, 0) is 18.6 Å². The van der Waals surface area contributed by atoms with Crippen molar-refractivity contribution in [3.8, 4) is 0 Å². The summed E-state index contributed by atoms with van der Waals surface area (Å²) in [6, 6.07) is 4.18. The number of ketones is 1. The number of aromatic nitrogens is 1. The summed E-state index contributed by atoms with van der Waals surface area (Å²) in [7, 11) is 0. The molecule has 0 aromatic carbocycles. The average molecular weight is 315 g/mol. The summed E-state index contributed by atoms with van der Waals surface area (Å²) in [5.74, 6) is -0.616. The number of carbonyl (C=O) groups is 4. The number of Topliss-reactive ketones (excluding diaryl/α,β-unsaturated/α-hetero) is 1. The zero-order valence-corrected chi connectivity index (χ0v) is 12.6. The minimum Gasteiger partial charge on any atom is -0.330 e. The second kappa shape index (κ2) is 6.28. The van der Waals surface area contributed by atoms with E-state index >= 15 is 0 Å². The van der Waals surface area contributed by atoms with E-state index in [0.29, 0.717) is 24.9 Å². The van der Waals surface area contributed by atoms with Gasteiger partial charge in [-0.1, -0.05) is 6.07 Å². The van der Waals surface area contributed by atoms with Gasteiger partial charge in [-0.3, -0.25) is 19.4 Å². The number of nitrogens with zero attached hydrogens (tertiary/aromatic N) is 3. The van der Waals surface area contributed by atoms with Crippen LogP contribution < -0.4 is 0 Å². The van der Waals surface area contributed by atoms with E-state index in [2.05, 4.69) is 4.98 Å². The van der Waals surface area contributed by atoms with Crippen molar-refractivity contribution in [1.29, 1.82) is 0 Å². The van der Waals surface area contributed by atoms with Gasteiger partial charge in [-0.2, -0.15) is 0 Å². The molecule has 0 bridgehead atoms. The van der Waals surface area contributed by atoms with Crippen LogP contribution in [0.5, 0.6) is 0 Å². The van der Waals surface area contributed by atoms with Crippen molar-refractivity contribution < 1.29 is 19.2 Å². The molecule has 3 rings (SSSR count). The Hall–Kier alpha value is -2.57. The van der Waals surface area contributed by atoms with E-state index in [4.69, 9.17) is 0 Å². The fourth-order valence-corrected chi connectivity index (χ4v) is 3.33. The van der Waals surface area contributed by atoms with Gasteiger partial charge in [0.2, 0.25) is 5.91 Å². The Morgan fingerprint density at radius 1 is 1.30 bits per heavy atom. The summed E-state index contributed by atoms with van der Waals surface area (Å²) >= 11 is 0. The second-order valence-corrected chi connectivity index (χ2v) is 5.71. The minimum absolute atomic E-state index is 0.00218. The predicted octanol–water partition coefficient (Wildman–Crippen LogP) is 0.0551. The number of aldehydes is 1. The highest BCUT2D eigenvalue weighted by Crippen LogP contribution is 2.31. The van der Waals surface area contributed by atoms with Crippen LogP contribution in [0.25, 0.3) is 0 Å². The third-order valence-electron chi connectivity index (χ3n) is 4.36. The van der Waals surface area contributed by atoms with Crippen LogP contribution in [0.15, 0.2) is 24.4 Å². The molecule has 2 amide bonds. The standard InChI is InChI=1S/C16H17N3O4/c20-9-3-5-14(22)18-8-6-12-15(18)13(21)10-19(12)16(23)11-4-1-2-7-17-11/h1-2,4,7,9,12,15H,3,5-6,8,10H2. The van der Waals surface area contributed by atoms with Gasteiger partial charge < -0.3 is 14.6 Å². The highest BCUT2D eigenvalue weighted by Gasteiger charge is 2.51. The van der Waals surface area contributed by atoms with Gasteiger partial charge in [0.05, 0.1) is 12.6 Å². The number of rotatable bonds is 4. The summed E-state index contributed by atoms with van der Waals surface area (Å²) in [4.78, 5) is 54.5. The van der Waals surface area contributed by atoms with Gasteiger partial charge in [0.1, 0.15) is 18.0 Å². The second-order valence-electron chi connectivity index (χ2n) is 5.71. The Kier molecular flexibility index (Phi) is 4.18. The lowest BCUT2D eigenvalue weighted by Gasteiger charge is -2.24. The maximum absolute atomic E-state index is 12.5. The third-order valence-corrected chi connectivity index (χ3v) is 4.36. The summed E-state index contributed by atoms with van der Waals surface area (Å²) in [6.45, 7) is 0.437. The quantitative estimate of drug-likeness (QED) is 0.733. The van der Waals surface area contributed by atoms with Gasteiger partial charge >= 0.3 is 0 Å². The molecule has 0 aliphatic carbocycles. The first kappa shape index (κ1) is 15.3. The van der Waals surface area contributed by atoms with Crippen LogP contribution >= 0.6 is 0 Å². The summed E-state index contributed by atoms with van der Waals surface area (Å²) in [6.07, 6.45) is 3.05. The molecular formula is C16H17N3O4. The Bertz CT molecular complexity index is 646. The van der Waals surface area contributed by atoms with E-state index in [1.807, 2.05) is 0 Å². The lowest BCUT2D eigenvalue weighted by molar-refractivity contribution is -0.136. The molecule has 2 atom stereocenters. The van der Waals surface area contributed by atoms with Gasteiger partial charge in [0.15, 0.2) is 5.78 Å². The molecule has 23 heavy (non-hydrogen) atoms. The van der Waals surface area contributed by atoms with Crippen LogP contribution in [0.2, 0.25) is 0 Å². The molecule has 7 nitrogen and oxygen atoms in total. The normalized spacial score (nSPS) is 23.0. The van der Waals surface area contributed by atoms with Crippen LogP contribution in [-0.4, -0.2) is 63.8 Å². The fraction of sp³-hybridized carbons (Fsp3) is 0.438. The molecule has 2 aliphatic heterocycles. The first-order valence-electron chi connectivity index (χ1n) is 7.61. The molecule has 2 unspecified atom stereocenters. The summed E-state index contributed by atoms with van der Waals surface area (Å²) in [5.41, 5.74) is 0.298. The molecule has 3 heterocycles. The number of hydrogen-bond acceptors (Lipinski definition) is 5. The topological polar surface area (TPSA) is 87.7 Å². The molecule has 2 aliphatic rings. The van der Waals surface area contributed by atoms with E-state index < -0.39 is 6.04 Å².